The average molecular weight is 409 g/mol. The lowest BCUT2D eigenvalue weighted by Crippen LogP contribution is -2.36. The zero-order valence-electron chi connectivity index (χ0n) is 16.8. The van der Waals surface area contributed by atoms with E-state index >= 15 is 0 Å². The molecule has 9 heteroatoms. The number of para-hydroxylation sites is 1. The molecule has 7 nitrogen and oxygen atoms in total. The molecule has 0 aromatic heterocycles. The van der Waals surface area contributed by atoms with E-state index in [2.05, 4.69) is 20.4 Å². The van der Waals surface area contributed by atoms with Gasteiger partial charge in [-0.2, -0.15) is 8.78 Å². The third kappa shape index (κ3) is 6.13. The Morgan fingerprint density at radius 3 is 2.24 bits per heavy atom. The molecule has 2 N–H and O–H groups in total. The first-order valence-electron chi connectivity index (χ1n) is 8.78. The first-order chi connectivity index (χ1) is 14.0. The maximum absolute atomic E-state index is 12.7. The van der Waals surface area contributed by atoms with Crippen molar-refractivity contribution in [1.82, 2.24) is 10.6 Å². The highest BCUT2D eigenvalue weighted by Gasteiger charge is 2.13. The second-order valence-corrected chi connectivity index (χ2v) is 5.78. The van der Waals surface area contributed by atoms with Gasteiger partial charge in [0.25, 0.3) is 0 Å². The third-order valence-corrected chi connectivity index (χ3v) is 4.08. The van der Waals surface area contributed by atoms with E-state index in [-0.39, 0.29) is 12.3 Å². The molecule has 0 bridgehead atoms. The number of alkyl halides is 2. The second kappa shape index (κ2) is 10.9. The van der Waals surface area contributed by atoms with E-state index in [1.165, 1.54) is 13.2 Å². The maximum atomic E-state index is 12.7. The van der Waals surface area contributed by atoms with Crippen LogP contribution in [0.4, 0.5) is 8.78 Å². The Morgan fingerprint density at radius 2 is 1.66 bits per heavy atom. The smallest absolute Gasteiger partial charge is 0.387 e. The highest BCUT2D eigenvalue weighted by Crippen LogP contribution is 2.30. The maximum Gasteiger partial charge on any atom is 0.387 e. The van der Waals surface area contributed by atoms with Crippen LogP contribution in [0, 0.1) is 0 Å². The quantitative estimate of drug-likeness (QED) is 0.490. The summed E-state index contributed by atoms with van der Waals surface area (Å²) < 4.78 is 45.8. The molecule has 0 atom stereocenters. The fourth-order valence-electron chi connectivity index (χ4n) is 2.70. The van der Waals surface area contributed by atoms with E-state index in [9.17, 15) is 8.78 Å². The van der Waals surface area contributed by atoms with Crippen molar-refractivity contribution >= 4 is 5.96 Å². The van der Waals surface area contributed by atoms with Gasteiger partial charge in [0.05, 0.1) is 21.3 Å². The van der Waals surface area contributed by atoms with Crippen LogP contribution in [0.1, 0.15) is 11.1 Å². The van der Waals surface area contributed by atoms with E-state index in [0.29, 0.717) is 35.3 Å². The Labute approximate surface area is 168 Å². The topological polar surface area (TPSA) is 73.3 Å². The monoisotopic (exact) mass is 409 g/mol. The van der Waals surface area contributed by atoms with Crippen LogP contribution in [0.5, 0.6) is 23.0 Å². The largest absolute Gasteiger partial charge is 0.497 e. The van der Waals surface area contributed by atoms with Gasteiger partial charge in [0.1, 0.15) is 11.5 Å². The van der Waals surface area contributed by atoms with Gasteiger partial charge < -0.3 is 29.6 Å². The van der Waals surface area contributed by atoms with Crippen LogP contribution in [0.25, 0.3) is 0 Å². The first-order valence-corrected chi connectivity index (χ1v) is 8.78. The minimum atomic E-state index is -2.92. The van der Waals surface area contributed by atoms with Crippen LogP contribution < -0.4 is 29.6 Å². The number of hydrogen-bond acceptors (Lipinski definition) is 5. The van der Waals surface area contributed by atoms with Crippen molar-refractivity contribution in [3.8, 4) is 23.0 Å². The number of ether oxygens (including phenoxy) is 4. The lowest BCUT2D eigenvalue weighted by atomic mass is 10.2. The van der Waals surface area contributed by atoms with Crippen molar-refractivity contribution in [2.75, 3.05) is 28.4 Å². The number of nitrogens with one attached hydrogen (secondary N) is 2. The molecule has 2 rings (SSSR count). The predicted octanol–water partition coefficient (Wildman–Crippen LogP) is 3.18. The van der Waals surface area contributed by atoms with Gasteiger partial charge in [-0.3, -0.25) is 4.99 Å². The summed E-state index contributed by atoms with van der Waals surface area (Å²) in [7, 11) is 6.26. The predicted molar refractivity (Wildman–Crippen MR) is 106 cm³/mol. The molecule has 0 aliphatic rings. The van der Waals surface area contributed by atoms with Crippen LogP contribution in [0.2, 0.25) is 0 Å². The summed E-state index contributed by atoms with van der Waals surface area (Å²) in [4.78, 5) is 4.15. The van der Waals surface area contributed by atoms with Gasteiger partial charge in [0.2, 0.25) is 0 Å². The Morgan fingerprint density at radius 1 is 0.931 bits per heavy atom. The first kappa shape index (κ1) is 22.1. The van der Waals surface area contributed by atoms with Crippen LogP contribution in [-0.2, 0) is 13.1 Å². The average Bonchev–Trinajstić information content (AvgIpc) is 2.73. The van der Waals surface area contributed by atoms with Gasteiger partial charge in [0, 0.05) is 31.3 Å². The van der Waals surface area contributed by atoms with Crippen molar-refractivity contribution in [2.24, 2.45) is 4.99 Å². The molecule has 0 heterocycles. The fourth-order valence-corrected chi connectivity index (χ4v) is 2.70. The summed E-state index contributed by atoms with van der Waals surface area (Å²) in [5.41, 5.74) is 1.38. The lowest BCUT2D eigenvalue weighted by Gasteiger charge is -2.17. The van der Waals surface area contributed by atoms with Crippen LogP contribution >= 0.6 is 0 Å². The summed E-state index contributed by atoms with van der Waals surface area (Å²) in [5, 5.41) is 6.23. The van der Waals surface area contributed by atoms with Crippen molar-refractivity contribution in [1.29, 1.82) is 0 Å². The fraction of sp³-hybridized carbons (Fsp3) is 0.350. The van der Waals surface area contributed by atoms with E-state index in [0.717, 1.165) is 5.56 Å². The molecular formula is C20H25F2N3O4. The van der Waals surface area contributed by atoms with Crippen molar-refractivity contribution in [3.05, 3.63) is 47.5 Å². The molecule has 0 amide bonds. The normalized spacial score (nSPS) is 11.2. The number of aliphatic imine (C=N–C) groups is 1. The van der Waals surface area contributed by atoms with Gasteiger partial charge in [-0.25, -0.2) is 0 Å². The number of rotatable bonds is 9. The van der Waals surface area contributed by atoms with Gasteiger partial charge in [-0.05, 0) is 24.3 Å². The molecule has 0 unspecified atom stereocenters. The van der Waals surface area contributed by atoms with Gasteiger partial charge in [-0.15, -0.1) is 0 Å². The summed E-state index contributed by atoms with van der Waals surface area (Å²) >= 11 is 0. The molecule has 2 aromatic carbocycles. The van der Waals surface area contributed by atoms with Crippen LogP contribution in [0.15, 0.2) is 41.4 Å². The summed E-state index contributed by atoms with van der Waals surface area (Å²) in [6, 6.07) is 10.2. The van der Waals surface area contributed by atoms with E-state index < -0.39 is 6.61 Å². The Balaban J connectivity index is 2.07. The van der Waals surface area contributed by atoms with Gasteiger partial charge in [-0.1, -0.05) is 12.1 Å². The number of hydrogen-bond donors (Lipinski definition) is 2. The van der Waals surface area contributed by atoms with Crippen molar-refractivity contribution in [3.63, 3.8) is 0 Å². The number of benzene rings is 2. The molecule has 29 heavy (non-hydrogen) atoms. The lowest BCUT2D eigenvalue weighted by molar-refractivity contribution is -0.0504. The van der Waals surface area contributed by atoms with Crippen LogP contribution in [-0.4, -0.2) is 40.9 Å². The Kier molecular flexibility index (Phi) is 8.32. The molecule has 2 aromatic rings. The minimum Gasteiger partial charge on any atom is -0.497 e. The molecule has 0 aliphatic heterocycles. The number of halogens is 2. The third-order valence-electron chi connectivity index (χ3n) is 4.08. The SMILES string of the molecule is CN=C(NCc1cc(OC)ccc1OC(F)F)NCc1cccc(OC)c1OC. The summed E-state index contributed by atoms with van der Waals surface area (Å²) in [6.45, 7) is -2.30. The number of methoxy groups -OCH3 is 3. The van der Waals surface area contributed by atoms with Gasteiger partial charge in [0.15, 0.2) is 17.5 Å². The zero-order chi connectivity index (χ0) is 21.2. The molecule has 0 saturated heterocycles. The molecular weight excluding hydrogens is 384 g/mol. The highest BCUT2D eigenvalue weighted by molar-refractivity contribution is 5.79. The molecule has 0 aliphatic carbocycles. The highest BCUT2D eigenvalue weighted by atomic mass is 19.3. The van der Waals surface area contributed by atoms with Gasteiger partial charge >= 0.3 is 6.61 Å². The molecule has 0 spiro atoms. The Hall–Kier alpha value is -3.23. The van der Waals surface area contributed by atoms with Crippen LogP contribution in [0.3, 0.4) is 0 Å². The number of guanidine groups is 1. The second-order valence-electron chi connectivity index (χ2n) is 5.78. The zero-order valence-corrected chi connectivity index (χ0v) is 16.8. The van der Waals surface area contributed by atoms with E-state index in [1.807, 2.05) is 18.2 Å². The van der Waals surface area contributed by atoms with Crippen molar-refractivity contribution < 1.29 is 27.7 Å². The van der Waals surface area contributed by atoms with E-state index in [1.54, 1.807) is 33.4 Å². The standard InChI is InChI=1S/C20H25F2N3O4/c1-23-20(24-11-13-6-5-7-17(27-3)18(13)28-4)25-12-14-10-15(26-2)8-9-16(14)29-19(21)22/h5-10,19H,11-12H2,1-4H3,(H2,23,24,25). The molecule has 0 fully saturated rings. The molecule has 0 radical (unpaired) electrons. The van der Waals surface area contributed by atoms with Crippen molar-refractivity contribution in [2.45, 2.75) is 19.7 Å². The minimum absolute atomic E-state index is 0.0678. The summed E-state index contributed by atoms with van der Waals surface area (Å²) in [6.07, 6.45) is 0. The summed E-state index contributed by atoms with van der Waals surface area (Å²) in [5.74, 6) is 2.32. The number of nitrogens with zero attached hydrogens (tertiary/aromatic N) is 1. The van der Waals surface area contributed by atoms with E-state index in [4.69, 9.17) is 14.2 Å². The Bertz CT molecular complexity index is 831. The molecule has 0 saturated carbocycles. The molecule has 158 valence electrons.